The molecule has 0 amide bonds. The molecule has 1 aromatic carbocycles. The van der Waals surface area contributed by atoms with Crippen LogP contribution in [0.3, 0.4) is 0 Å². The third kappa shape index (κ3) is 4.63. The number of pyridine rings is 1. The number of rotatable bonds is 6. The highest BCUT2D eigenvalue weighted by atomic mass is 16.6. The summed E-state index contributed by atoms with van der Waals surface area (Å²) in [6.45, 7) is 3.52. The normalized spacial score (nSPS) is 10.4. The van der Waals surface area contributed by atoms with Crippen LogP contribution in [0.1, 0.15) is 17.1 Å². The molecular formula is C17H17N7O3. The third-order valence-corrected chi connectivity index (χ3v) is 3.51. The molecule has 0 atom stereocenters. The SMILES string of the molecule is Cc1ccc(Nc2nc(N)nc(COc3ccc(C)nc3[N+](=O)[O-])n2)cc1. The van der Waals surface area contributed by atoms with Gasteiger partial charge in [0.2, 0.25) is 17.6 Å². The molecule has 3 N–H and O–H groups in total. The Morgan fingerprint density at radius 3 is 2.52 bits per heavy atom. The van der Waals surface area contributed by atoms with Crippen LogP contribution >= 0.6 is 0 Å². The Balaban J connectivity index is 1.77. The van der Waals surface area contributed by atoms with Gasteiger partial charge in [0.05, 0.1) is 0 Å². The van der Waals surface area contributed by atoms with Crippen LogP contribution in [0.2, 0.25) is 0 Å². The highest BCUT2D eigenvalue weighted by Gasteiger charge is 2.18. The van der Waals surface area contributed by atoms with Gasteiger partial charge in [0, 0.05) is 12.6 Å². The Hall–Kier alpha value is -3.82. The van der Waals surface area contributed by atoms with Gasteiger partial charge in [0.25, 0.3) is 0 Å². The zero-order valence-corrected chi connectivity index (χ0v) is 14.7. The molecule has 0 bridgehead atoms. The molecule has 0 radical (unpaired) electrons. The number of nitrogens with two attached hydrogens (primary N) is 1. The number of anilines is 3. The van der Waals surface area contributed by atoms with Crippen molar-refractivity contribution in [2.45, 2.75) is 20.5 Å². The van der Waals surface area contributed by atoms with E-state index in [-0.39, 0.29) is 35.9 Å². The molecule has 27 heavy (non-hydrogen) atoms. The maximum absolute atomic E-state index is 11.1. The summed E-state index contributed by atoms with van der Waals surface area (Å²) in [6.07, 6.45) is 0. The first-order chi connectivity index (χ1) is 12.9. The second-order valence-corrected chi connectivity index (χ2v) is 5.74. The molecule has 0 spiro atoms. The number of nitrogens with one attached hydrogen (secondary N) is 1. The number of aromatic nitrogens is 4. The van der Waals surface area contributed by atoms with Gasteiger partial charge >= 0.3 is 5.82 Å². The van der Waals surface area contributed by atoms with Crippen molar-refractivity contribution in [2.75, 3.05) is 11.1 Å². The number of nitrogens with zero attached hydrogens (tertiary/aromatic N) is 5. The lowest BCUT2D eigenvalue weighted by atomic mass is 10.2. The van der Waals surface area contributed by atoms with E-state index in [0.29, 0.717) is 5.69 Å². The summed E-state index contributed by atoms with van der Waals surface area (Å²) in [7, 11) is 0. The molecule has 3 rings (SSSR count). The first-order valence-electron chi connectivity index (χ1n) is 7.99. The van der Waals surface area contributed by atoms with Crippen LogP contribution in [0, 0.1) is 24.0 Å². The molecule has 10 heteroatoms. The molecule has 3 aromatic rings. The maximum Gasteiger partial charge on any atom is 0.406 e. The summed E-state index contributed by atoms with van der Waals surface area (Å²) in [4.78, 5) is 26.6. The fraction of sp³-hybridized carbons (Fsp3) is 0.176. The molecule has 10 nitrogen and oxygen atoms in total. The van der Waals surface area contributed by atoms with Crippen molar-refractivity contribution in [3.8, 4) is 5.75 Å². The van der Waals surface area contributed by atoms with Crippen molar-refractivity contribution < 1.29 is 9.66 Å². The Labute approximate surface area is 154 Å². The molecule has 0 aliphatic heterocycles. The van der Waals surface area contributed by atoms with Crippen LogP contribution in [0.15, 0.2) is 36.4 Å². The van der Waals surface area contributed by atoms with Gasteiger partial charge in [0.15, 0.2) is 5.82 Å². The summed E-state index contributed by atoms with van der Waals surface area (Å²) in [5.74, 6) is 0.149. The summed E-state index contributed by atoms with van der Waals surface area (Å²) < 4.78 is 5.48. The average molecular weight is 367 g/mol. The van der Waals surface area contributed by atoms with E-state index >= 15 is 0 Å². The highest BCUT2D eigenvalue weighted by molar-refractivity contribution is 5.54. The van der Waals surface area contributed by atoms with E-state index in [9.17, 15) is 10.1 Å². The van der Waals surface area contributed by atoms with Gasteiger partial charge in [-0.2, -0.15) is 15.0 Å². The Kier molecular flexibility index (Phi) is 5.06. The summed E-state index contributed by atoms with van der Waals surface area (Å²) in [5, 5.41) is 14.1. The lowest BCUT2D eigenvalue weighted by Gasteiger charge is -2.09. The molecule has 138 valence electrons. The number of nitrogen functional groups attached to an aromatic ring is 1. The Morgan fingerprint density at radius 1 is 1.07 bits per heavy atom. The number of hydrogen-bond acceptors (Lipinski definition) is 9. The number of aryl methyl sites for hydroxylation is 2. The van der Waals surface area contributed by atoms with Crippen LogP contribution in [-0.4, -0.2) is 24.9 Å². The zero-order valence-electron chi connectivity index (χ0n) is 14.7. The summed E-state index contributed by atoms with van der Waals surface area (Å²) >= 11 is 0. The number of hydrogen-bond donors (Lipinski definition) is 2. The van der Waals surface area contributed by atoms with Crippen LogP contribution in [-0.2, 0) is 6.61 Å². The van der Waals surface area contributed by atoms with E-state index in [1.54, 1.807) is 13.0 Å². The second-order valence-electron chi connectivity index (χ2n) is 5.74. The minimum Gasteiger partial charge on any atom is -0.477 e. The van der Waals surface area contributed by atoms with Gasteiger partial charge in [0.1, 0.15) is 12.3 Å². The molecular weight excluding hydrogens is 350 g/mol. The monoisotopic (exact) mass is 367 g/mol. The maximum atomic E-state index is 11.1. The number of ether oxygens (including phenoxy) is 1. The van der Waals surface area contributed by atoms with Gasteiger partial charge in [-0.15, -0.1) is 0 Å². The molecule has 0 aliphatic carbocycles. The molecule has 0 aliphatic rings. The van der Waals surface area contributed by atoms with Crippen molar-refractivity contribution in [1.82, 2.24) is 19.9 Å². The van der Waals surface area contributed by atoms with Crippen molar-refractivity contribution in [3.63, 3.8) is 0 Å². The fourth-order valence-corrected chi connectivity index (χ4v) is 2.24. The van der Waals surface area contributed by atoms with E-state index in [1.807, 2.05) is 31.2 Å². The van der Waals surface area contributed by atoms with Crippen molar-refractivity contribution in [2.24, 2.45) is 0 Å². The van der Waals surface area contributed by atoms with Crippen molar-refractivity contribution >= 4 is 23.4 Å². The summed E-state index contributed by atoms with van der Waals surface area (Å²) in [6, 6.07) is 10.8. The van der Waals surface area contributed by atoms with Gasteiger partial charge in [-0.1, -0.05) is 17.7 Å². The van der Waals surface area contributed by atoms with Crippen LogP contribution in [0.5, 0.6) is 5.75 Å². The van der Waals surface area contributed by atoms with Gasteiger partial charge in [-0.25, -0.2) is 0 Å². The predicted molar refractivity (Wildman–Crippen MR) is 98.7 cm³/mol. The van der Waals surface area contributed by atoms with E-state index in [4.69, 9.17) is 10.5 Å². The van der Waals surface area contributed by atoms with Gasteiger partial charge < -0.3 is 25.9 Å². The lowest BCUT2D eigenvalue weighted by molar-refractivity contribution is -0.390. The van der Waals surface area contributed by atoms with E-state index in [0.717, 1.165) is 11.3 Å². The first kappa shape index (κ1) is 18.0. The topological polar surface area (TPSA) is 142 Å². The van der Waals surface area contributed by atoms with Crippen LogP contribution in [0.25, 0.3) is 0 Å². The van der Waals surface area contributed by atoms with E-state index < -0.39 is 4.92 Å². The smallest absolute Gasteiger partial charge is 0.406 e. The van der Waals surface area contributed by atoms with Crippen LogP contribution < -0.4 is 15.8 Å². The van der Waals surface area contributed by atoms with Crippen LogP contribution in [0.4, 0.5) is 23.4 Å². The Morgan fingerprint density at radius 2 is 1.81 bits per heavy atom. The minimum atomic E-state index is -0.603. The van der Waals surface area contributed by atoms with Crippen molar-refractivity contribution in [3.05, 3.63) is 63.6 Å². The van der Waals surface area contributed by atoms with Gasteiger partial charge in [-0.05, 0) is 41.1 Å². The molecule has 2 aromatic heterocycles. The third-order valence-electron chi connectivity index (χ3n) is 3.51. The fourth-order valence-electron chi connectivity index (χ4n) is 2.24. The van der Waals surface area contributed by atoms with E-state index in [1.165, 1.54) is 6.07 Å². The summed E-state index contributed by atoms with van der Waals surface area (Å²) in [5.41, 5.74) is 8.15. The minimum absolute atomic E-state index is 0.00902. The van der Waals surface area contributed by atoms with Crippen molar-refractivity contribution in [1.29, 1.82) is 0 Å². The number of nitro groups is 1. The Bertz CT molecular complexity index is 977. The second kappa shape index (κ2) is 7.60. The molecule has 2 heterocycles. The highest BCUT2D eigenvalue weighted by Crippen LogP contribution is 2.25. The standard InChI is InChI=1S/C17H17N7O3/c1-10-3-6-12(7-4-10)20-17-22-14(21-16(18)23-17)9-27-13-8-5-11(2)19-15(13)24(25)26/h3-8H,9H2,1-2H3,(H3,18,20,21,22,23). The van der Waals surface area contributed by atoms with E-state index in [2.05, 4.69) is 25.3 Å². The largest absolute Gasteiger partial charge is 0.477 e. The molecule has 0 saturated carbocycles. The predicted octanol–water partition coefficient (Wildman–Crippen LogP) is 2.70. The molecule has 0 saturated heterocycles. The molecule has 0 unspecified atom stereocenters. The quantitative estimate of drug-likeness (QED) is 0.496. The average Bonchev–Trinajstić information content (AvgIpc) is 2.62. The molecule has 0 fully saturated rings. The first-order valence-corrected chi connectivity index (χ1v) is 7.99. The van der Waals surface area contributed by atoms with Gasteiger partial charge in [-0.3, -0.25) is 0 Å². The zero-order chi connectivity index (χ0) is 19.4. The number of benzene rings is 1. The lowest BCUT2D eigenvalue weighted by Crippen LogP contribution is -2.10.